The molecule has 0 bridgehead atoms. The highest BCUT2D eigenvalue weighted by atomic mass is 16.6. The molecule has 8 nitrogen and oxygen atoms in total. The van der Waals surface area contributed by atoms with E-state index in [1.807, 2.05) is 6.92 Å². The van der Waals surface area contributed by atoms with Gasteiger partial charge in [-0.3, -0.25) is 0 Å². The number of rotatable bonds is 11. The van der Waals surface area contributed by atoms with Gasteiger partial charge in [-0.2, -0.15) is 0 Å². The van der Waals surface area contributed by atoms with E-state index in [2.05, 4.69) is 6.92 Å². The molecule has 0 aromatic rings. The quantitative estimate of drug-likeness (QED) is 0.315. The van der Waals surface area contributed by atoms with Gasteiger partial charge in [-0.1, -0.05) is 33.1 Å². The Morgan fingerprint density at radius 1 is 0.815 bits per heavy atom. The summed E-state index contributed by atoms with van der Waals surface area (Å²) in [6.45, 7) is 7.87. The van der Waals surface area contributed by atoms with Gasteiger partial charge in [0.15, 0.2) is 0 Å². The third-order valence-electron chi connectivity index (χ3n) is 3.19. The molecule has 0 fully saturated rings. The van der Waals surface area contributed by atoms with Crippen LogP contribution in [0.5, 0.6) is 0 Å². The van der Waals surface area contributed by atoms with Crippen LogP contribution in [0.15, 0.2) is 24.3 Å². The van der Waals surface area contributed by atoms with Gasteiger partial charge in [-0.15, -0.1) is 0 Å². The number of carbonyl (C=O) groups is 4. The van der Waals surface area contributed by atoms with Crippen LogP contribution in [-0.4, -0.2) is 46.3 Å². The summed E-state index contributed by atoms with van der Waals surface area (Å²) in [5, 5.41) is 16.4. The van der Waals surface area contributed by atoms with Crippen LogP contribution < -0.4 is 0 Å². The van der Waals surface area contributed by atoms with Crippen molar-refractivity contribution in [2.24, 2.45) is 0 Å². The van der Waals surface area contributed by atoms with Crippen LogP contribution in [0.25, 0.3) is 0 Å². The summed E-state index contributed by atoms with van der Waals surface area (Å²) < 4.78 is 9.70. The number of unbranched alkanes of at least 4 members (excludes halogenated alkanes) is 3. The lowest BCUT2D eigenvalue weighted by Crippen LogP contribution is -2.26. The van der Waals surface area contributed by atoms with Crippen LogP contribution in [0.1, 0.15) is 59.8 Å². The predicted molar refractivity (Wildman–Crippen MR) is 99.1 cm³/mol. The van der Waals surface area contributed by atoms with Crippen molar-refractivity contribution in [1.29, 1.82) is 0 Å². The van der Waals surface area contributed by atoms with Crippen LogP contribution in [0.3, 0.4) is 0 Å². The Bertz CT molecular complexity index is 532. The third-order valence-corrected chi connectivity index (χ3v) is 3.19. The number of hydrogen-bond donors (Lipinski definition) is 2. The van der Waals surface area contributed by atoms with Crippen molar-refractivity contribution < 1.29 is 38.9 Å². The van der Waals surface area contributed by atoms with Crippen LogP contribution in [0.4, 0.5) is 0 Å². The second-order valence-corrected chi connectivity index (χ2v) is 6.11. The highest BCUT2D eigenvalue weighted by molar-refractivity contribution is 5.91. The Morgan fingerprint density at radius 2 is 1.33 bits per heavy atom. The van der Waals surface area contributed by atoms with E-state index in [0.29, 0.717) is 13.0 Å². The molecule has 0 aliphatic rings. The van der Waals surface area contributed by atoms with E-state index in [1.54, 1.807) is 13.8 Å². The topological polar surface area (TPSA) is 127 Å². The van der Waals surface area contributed by atoms with Gasteiger partial charge in [-0.05, 0) is 26.7 Å². The van der Waals surface area contributed by atoms with Crippen molar-refractivity contribution in [1.82, 2.24) is 0 Å². The van der Waals surface area contributed by atoms with E-state index < -0.39 is 29.5 Å². The van der Waals surface area contributed by atoms with E-state index in [-0.39, 0.29) is 0 Å². The number of carboxylic acids is 2. The first-order valence-corrected chi connectivity index (χ1v) is 8.75. The molecule has 8 heteroatoms. The number of aliphatic carboxylic acids is 2. The lowest BCUT2D eigenvalue weighted by Gasteiger charge is -2.22. The van der Waals surface area contributed by atoms with Crippen molar-refractivity contribution in [2.75, 3.05) is 6.61 Å². The summed E-state index contributed by atoms with van der Waals surface area (Å²) in [7, 11) is 0. The maximum absolute atomic E-state index is 10.9. The normalized spacial score (nSPS) is 11.0. The van der Waals surface area contributed by atoms with Gasteiger partial charge in [0, 0.05) is 24.3 Å². The first-order valence-electron chi connectivity index (χ1n) is 8.75. The molecule has 27 heavy (non-hydrogen) atoms. The SMILES string of the molecule is CCC(C)(C)OC(=O)/C=C/C(=O)O.CCCCCCOC(=O)/C=C/C(=O)O. The Kier molecular flexibility index (Phi) is 15.4. The van der Waals surface area contributed by atoms with E-state index in [0.717, 1.165) is 50.0 Å². The minimum Gasteiger partial charge on any atom is -0.478 e. The van der Waals surface area contributed by atoms with Gasteiger partial charge >= 0.3 is 23.9 Å². The average molecular weight is 386 g/mol. The van der Waals surface area contributed by atoms with E-state index in [9.17, 15) is 19.2 Å². The number of esters is 2. The molecule has 0 unspecified atom stereocenters. The Labute approximate surface area is 159 Å². The van der Waals surface area contributed by atoms with Crippen molar-refractivity contribution in [3.05, 3.63) is 24.3 Å². The molecule has 0 aliphatic heterocycles. The zero-order chi connectivity index (χ0) is 21.3. The van der Waals surface area contributed by atoms with Crippen LogP contribution in [0, 0.1) is 0 Å². The molecule has 0 aromatic carbocycles. The second-order valence-electron chi connectivity index (χ2n) is 6.11. The maximum Gasteiger partial charge on any atom is 0.331 e. The summed E-state index contributed by atoms with van der Waals surface area (Å²) in [6.07, 6.45) is 8.16. The van der Waals surface area contributed by atoms with Gasteiger partial charge < -0.3 is 19.7 Å². The fraction of sp³-hybridized carbons (Fsp3) is 0.579. The zero-order valence-corrected chi connectivity index (χ0v) is 16.4. The average Bonchev–Trinajstić information content (AvgIpc) is 2.58. The maximum atomic E-state index is 10.9. The minimum absolute atomic E-state index is 0.364. The molecule has 154 valence electrons. The standard InChI is InChI=1S/C10H16O4.C9H14O4/c1-2-3-4-5-8-14-10(13)7-6-9(11)12;1-4-9(2,3)13-8(12)6-5-7(10)11/h6-7H,2-5,8H2,1H3,(H,11,12);5-6H,4H2,1-3H3,(H,10,11)/b7-6+;6-5+. The van der Waals surface area contributed by atoms with Crippen molar-refractivity contribution in [2.45, 2.75) is 65.4 Å². The largest absolute Gasteiger partial charge is 0.478 e. The van der Waals surface area contributed by atoms with Crippen LogP contribution in [-0.2, 0) is 28.7 Å². The second kappa shape index (κ2) is 15.6. The number of carbonyl (C=O) groups excluding carboxylic acids is 2. The summed E-state index contributed by atoms with van der Waals surface area (Å²) in [6, 6.07) is 0. The molecule has 0 rings (SSSR count). The molecular formula is C19H30O8. The fourth-order valence-electron chi connectivity index (χ4n) is 1.41. The molecule has 2 N–H and O–H groups in total. The van der Waals surface area contributed by atoms with Gasteiger partial charge in [0.05, 0.1) is 6.61 Å². The minimum atomic E-state index is -1.16. The Hall–Kier alpha value is -2.64. The van der Waals surface area contributed by atoms with E-state index in [4.69, 9.17) is 19.7 Å². The van der Waals surface area contributed by atoms with Gasteiger partial charge in [0.25, 0.3) is 0 Å². The molecule has 0 saturated carbocycles. The summed E-state index contributed by atoms with van der Waals surface area (Å²) in [4.78, 5) is 41.8. The molecule has 0 aliphatic carbocycles. The number of carboxylic acid groups (broad SMARTS) is 2. The van der Waals surface area contributed by atoms with Gasteiger partial charge in [-0.25, -0.2) is 19.2 Å². The van der Waals surface area contributed by atoms with Gasteiger partial charge in [0.1, 0.15) is 5.60 Å². The fourth-order valence-corrected chi connectivity index (χ4v) is 1.41. The van der Waals surface area contributed by atoms with Crippen molar-refractivity contribution in [3.63, 3.8) is 0 Å². The van der Waals surface area contributed by atoms with E-state index >= 15 is 0 Å². The zero-order valence-electron chi connectivity index (χ0n) is 16.4. The molecule has 0 spiro atoms. The first-order chi connectivity index (χ1) is 12.5. The van der Waals surface area contributed by atoms with E-state index in [1.165, 1.54) is 0 Å². The van der Waals surface area contributed by atoms with Crippen molar-refractivity contribution in [3.8, 4) is 0 Å². The smallest absolute Gasteiger partial charge is 0.331 e. The molecule has 0 radical (unpaired) electrons. The molecule has 0 amide bonds. The third kappa shape index (κ3) is 21.3. The Balaban J connectivity index is 0. The molecule has 0 aromatic heterocycles. The van der Waals surface area contributed by atoms with Crippen LogP contribution in [0.2, 0.25) is 0 Å². The molecule has 0 saturated heterocycles. The highest BCUT2D eigenvalue weighted by Crippen LogP contribution is 2.13. The predicted octanol–water partition coefficient (Wildman–Crippen LogP) is 3.11. The summed E-state index contributed by atoms with van der Waals surface area (Å²) in [5.41, 5.74) is -0.542. The lowest BCUT2D eigenvalue weighted by molar-refractivity contribution is -0.150. The molecular weight excluding hydrogens is 356 g/mol. The Morgan fingerprint density at radius 3 is 1.78 bits per heavy atom. The number of hydrogen-bond acceptors (Lipinski definition) is 6. The van der Waals surface area contributed by atoms with Gasteiger partial charge in [0.2, 0.25) is 0 Å². The summed E-state index contributed by atoms with van der Waals surface area (Å²) >= 11 is 0. The first kappa shape index (κ1) is 26.6. The monoisotopic (exact) mass is 386 g/mol. The van der Waals surface area contributed by atoms with Crippen molar-refractivity contribution >= 4 is 23.9 Å². The molecule has 0 atom stereocenters. The lowest BCUT2D eigenvalue weighted by atomic mass is 10.1. The summed E-state index contributed by atoms with van der Waals surface area (Å²) in [5.74, 6) is -3.53. The highest BCUT2D eigenvalue weighted by Gasteiger charge is 2.18. The molecule has 0 heterocycles. The van der Waals surface area contributed by atoms with Crippen LogP contribution >= 0.6 is 0 Å². The number of ether oxygens (including phenoxy) is 2.